The highest BCUT2D eigenvalue weighted by Crippen LogP contribution is 2.30. The lowest BCUT2D eigenvalue weighted by atomic mass is 9.82. The summed E-state index contributed by atoms with van der Waals surface area (Å²) >= 11 is 0. The van der Waals surface area contributed by atoms with Gasteiger partial charge in [0.15, 0.2) is 0 Å². The number of rotatable bonds is 3. The van der Waals surface area contributed by atoms with Gasteiger partial charge in [-0.15, -0.1) is 0 Å². The summed E-state index contributed by atoms with van der Waals surface area (Å²) in [4.78, 5) is 2.53. The van der Waals surface area contributed by atoms with Crippen LogP contribution in [0.1, 0.15) is 32.6 Å². The van der Waals surface area contributed by atoms with Gasteiger partial charge in [0.1, 0.15) is 0 Å². The lowest BCUT2D eigenvalue weighted by Gasteiger charge is -2.41. The van der Waals surface area contributed by atoms with Crippen molar-refractivity contribution in [1.29, 1.82) is 0 Å². The standard InChI is InChI=1S/C13H25NO2/c1-12-4-2-6-14(8-12)9-13(10-15)5-3-7-16-11-13/h12,15H,2-11H2,1H3. The molecule has 0 aliphatic carbocycles. The molecular formula is C13H25NO2. The predicted octanol–water partition coefficient (Wildman–Crippen LogP) is 1.51. The summed E-state index contributed by atoms with van der Waals surface area (Å²) in [6.45, 7) is 7.64. The van der Waals surface area contributed by atoms with Crippen molar-refractivity contribution in [3.05, 3.63) is 0 Å². The molecule has 94 valence electrons. The lowest BCUT2D eigenvalue weighted by Crippen LogP contribution is -2.48. The van der Waals surface area contributed by atoms with Gasteiger partial charge in [-0.25, -0.2) is 0 Å². The Labute approximate surface area is 98.8 Å². The number of aliphatic hydroxyl groups excluding tert-OH is 1. The van der Waals surface area contributed by atoms with E-state index in [1.165, 1.54) is 25.9 Å². The Balaban J connectivity index is 1.89. The first-order valence-electron chi connectivity index (χ1n) is 6.65. The molecule has 0 amide bonds. The topological polar surface area (TPSA) is 32.7 Å². The van der Waals surface area contributed by atoms with E-state index in [2.05, 4.69) is 11.8 Å². The normalized spacial score (nSPS) is 37.5. The minimum atomic E-state index is 0.0231. The van der Waals surface area contributed by atoms with E-state index in [9.17, 15) is 5.11 Å². The third kappa shape index (κ3) is 2.96. The molecule has 2 aliphatic rings. The van der Waals surface area contributed by atoms with Gasteiger partial charge in [0.2, 0.25) is 0 Å². The Morgan fingerprint density at radius 1 is 1.44 bits per heavy atom. The Morgan fingerprint density at radius 2 is 2.31 bits per heavy atom. The highest BCUT2D eigenvalue weighted by atomic mass is 16.5. The fourth-order valence-electron chi connectivity index (χ4n) is 3.11. The number of piperidine rings is 1. The van der Waals surface area contributed by atoms with Gasteiger partial charge in [-0.1, -0.05) is 6.92 Å². The third-order valence-corrected chi connectivity index (χ3v) is 4.04. The van der Waals surface area contributed by atoms with Gasteiger partial charge in [0.25, 0.3) is 0 Å². The zero-order chi connectivity index (χ0) is 11.4. The molecule has 2 rings (SSSR count). The molecule has 1 N–H and O–H groups in total. The molecule has 0 bridgehead atoms. The molecule has 0 aromatic carbocycles. The number of hydrogen-bond donors (Lipinski definition) is 1. The van der Waals surface area contributed by atoms with E-state index in [0.717, 1.165) is 38.5 Å². The molecule has 2 aliphatic heterocycles. The zero-order valence-corrected chi connectivity index (χ0v) is 10.5. The van der Waals surface area contributed by atoms with E-state index in [-0.39, 0.29) is 12.0 Å². The molecule has 2 atom stereocenters. The minimum absolute atomic E-state index is 0.0231. The monoisotopic (exact) mass is 227 g/mol. The van der Waals surface area contributed by atoms with Gasteiger partial charge in [0, 0.05) is 25.1 Å². The first-order valence-corrected chi connectivity index (χ1v) is 6.65. The van der Waals surface area contributed by atoms with Gasteiger partial charge in [-0.2, -0.15) is 0 Å². The number of likely N-dealkylation sites (tertiary alicyclic amines) is 1. The first kappa shape index (κ1) is 12.3. The van der Waals surface area contributed by atoms with Gasteiger partial charge in [-0.05, 0) is 38.1 Å². The Bertz CT molecular complexity index is 214. The number of aliphatic hydroxyl groups is 1. The average Bonchev–Trinajstić information content (AvgIpc) is 2.30. The maximum Gasteiger partial charge on any atom is 0.0556 e. The van der Waals surface area contributed by atoms with E-state index in [1.54, 1.807) is 0 Å². The van der Waals surface area contributed by atoms with Crippen LogP contribution >= 0.6 is 0 Å². The second kappa shape index (κ2) is 5.48. The van der Waals surface area contributed by atoms with Crippen molar-refractivity contribution in [3.63, 3.8) is 0 Å². The molecule has 2 unspecified atom stereocenters. The molecule has 0 saturated carbocycles. The SMILES string of the molecule is CC1CCCN(CC2(CO)CCCOC2)C1. The Morgan fingerprint density at radius 3 is 2.94 bits per heavy atom. The average molecular weight is 227 g/mol. The molecule has 0 aromatic rings. The van der Waals surface area contributed by atoms with Crippen LogP contribution < -0.4 is 0 Å². The molecule has 0 radical (unpaired) electrons. The number of ether oxygens (including phenoxy) is 1. The summed E-state index contributed by atoms with van der Waals surface area (Å²) < 4.78 is 5.56. The van der Waals surface area contributed by atoms with Crippen LogP contribution in [-0.4, -0.2) is 49.5 Å². The van der Waals surface area contributed by atoms with Crippen molar-refractivity contribution >= 4 is 0 Å². The fraction of sp³-hybridized carbons (Fsp3) is 1.00. The van der Waals surface area contributed by atoms with Crippen molar-refractivity contribution in [1.82, 2.24) is 4.90 Å². The summed E-state index contributed by atoms with van der Waals surface area (Å²) in [7, 11) is 0. The Kier molecular flexibility index (Phi) is 4.22. The van der Waals surface area contributed by atoms with Crippen LogP contribution in [0.2, 0.25) is 0 Å². The summed E-state index contributed by atoms with van der Waals surface area (Å²) in [6.07, 6.45) is 4.89. The molecule has 3 heteroatoms. The second-order valence-electron chi connectivity index (χ2n) is 5.80. The largest absolute Gasteiger partial charge is 0.396 e. The van der Waals surface area contributed by atoms with Gasteiger partial charge in [-0.3, -0.25) is 0 Å². The number of nitrogens with zero attached hydrogens (tertiary/aromatic N) is 1. The summed E-state index contributed by atoms with van der Waals surface area (Å²) in [6, 6.07) is 0. The number of hydrogen-bond acceptors (Lipinski definition) is 3. The molecule has 3 nitrogen and oxygen atoms in total. The summed E-state index contributed by atoms with van der Waals surface area (Å²) in [5.41, 5.74) is 0.0231. The Hall–Kier alpha value is -0.120. The molecule has 2 fully saturated rings. The highest BCUT2D eigenvalue weighted by Gasteiger charge is 2.35. The van der Waals surface area contributed by atoms with E-state index >= 15 is 0 Å². The van der Waals surface area contributed by atoms with Crippen molar-refractivity contribution < 1.29 is 9.84 Å². The van der Waals surface area contributed by atoms with Crippen molar-refractivity contribution in [2.24, 2.45) is 11.3 Å². The van der Waals surface area contributed by atoms with Crippen LogP contribution in [0.5, 0.6) is 0 Å². The molecule has 0 spiro atoms. The van der Waals surface area contributed by atoms with Crippen molar-refractivity contribution in [2.45, 2.75) is 32.6 Å². The second-order valence-corrected chi connectivity index (χ2v) is 5.80. The minimum Gasteiger partial charge on any atom is -0.396 e. The first-order chi connectivity index (χ1) is 7.74. The van der Waals surface area contributed by atoms with Crippen LogP contribution in [0.4, 0.5) is 0 Å². The molecule has 0 aromatic heterocycles. The lowest BCUT2D eigenvalue weighted by molar-refractivity contribution is -0.0595. The van der Waals surface area contributed by atoms with Crippen LogP contribution in [-0.2, 0) is 4.74 Å². The van der Waals surface area contributed by atoms with Gasteiger partial charge >= 0.3 is 0 Å². The van der Waals surface area contributed by atoms with Gasteiger partial charge < -0.3 is 14.7 Å². The van der Waals surface area contributed by atoms with Crippen molar-refractivity contribution in [3.8, 4) is 0 Å². The van der Waals surface area contributed by atoms with Crippen LogP contribution in [0, 0.1) is 11.3 Å². The predicted molar refractivity (Wildman–Crippen MR) is 64.4 cm³/mol. The maximum absolute atomic E-state index is 9.63. The fourth-order valence-corrected chi connectivity index (χ4v) is 3.11. The van der Waals surface area contributed by atoms with Crippen LogP contribution in [0.3, 0.4) is 0 Å². The maximum atomic E-state index is 9.63. The molecular weight excluding hydrogens is 202 g/mol. The summed E-state index contributed by atoms with van der Waals surface area (Å²) in [5.74, 6) is 0.814. The smallest absolute Gasteiger partial charge is 0.0556 e. The third-order valence-electron chi connectivity index (χ3n) is 4.04. The van der Waals surface area contributed by atoms with E-state index in [1.807, 2.05) is 0 Å². The van der Waals surface area contributed by atoms with Crippen LogP contribution in [0.15, 0.2) is 0 Å². The molecule has 2 heterocycles. The van der Waals surface area contributed by atoms with E-state index in [0.29, 0.717) is 0 Å². The van der Waals surface area contributed by atoms with E-state index in [4.69, 9.17) is 4.74 Å². The zero-order valence-electron chi connectivity index (χ0n) is 10.5. The van der Waals surface area contributed by atoms with Gasteiger partial charge in [0.05, 0.1) is 13.2 Å². The van der Waals surface area contributed by atoms with E-state index < -0.39 is 0 Å². The highest BCUT2D eigenvalue weighted by molar-refractivity contribution is 4.86. The molecule has 2 saturated heterocycles. The molecule has 16 heavy (non-hydrogen) atoms. The summed E-state index contributed by atoms with van der Waals surface area (Å²) in [5, 5.41) is 9.63. The quantitative estimate of drug-likeness (QED) is 0.793. The van der Waals surface area contributed by atoms with Crippen LogP contribution in [0.25, 0.3) is 0 Å². The van der Waals surface area contributed by atoms with Crippen molar-refractivity contribution in [2.75, 3.05) is 39.5 Å².